The van der Waals surface area contributed by atoms with Crippen LogP contribution in [0.5, 0.6) is 17.2 Å². The number of para-hydroxylation sites is 1. The lowest BCUT2D eigenvalue weighted by atomic mass is 10.1. The summed E-state index contributed by atoms with van der Waals surface area (Å²) in [5.74, 6) is 0.280. The van der Waals surface area contributed by atoms with E-state index in [4.69, 9.17) is 18.9 Å². The van der Waals surface area contributed by atoms with Crippen molar-refractivity contribution in [3.63, 3.8) is 0 Å². The minimum atomic E-state index is -0.583. The van der Waals surface area contributed by atoms with Crippen LogP contribution < -0.4 is 14.2 Å². The summed E-state index contributed by atoms with van der Waals surface area (Å²) in [6.07, 6.45) is 6.43. The standard InChI is InChI=1S/C28H30N2O6/c1-3-4-15-35-24-8-6-5-7-22(24)10-12-27(31)36-25-11-9-21(19-26(25)33-2)18-23(20-29)28(32)30-13-16-34-17-14-30/h5-12,18-19H,3-4,13-17H2,1-2H3/b12-10+,23-18+. The highest BCUT2D eigenvalue weighted by molar-refractivity contribution is 6.01. The van der Waals surface area contributed by atoms with E-state index in [1.54, 1.807) is 29.2 Å². The minimum absolute atomic E-state index is 0.00597. The SMILES string of the molecule is CCCCOc1ccccc1/C=C/C(=O)Oc1ccc(/C=C(\C#N)C(=O)N2CCOCC2)cc1OC. The van der Waals surface area contributed by atoms with Crippen molar-refractivity contribution in [1.82, 2.24) is 4.90 Å². The van der Waals surface area contributed by atoms with Gasteiger partial charge in [-0.3, -0.25) is 4.79 Å². The molecule has 0 N–H and O–H groups in total. The Bertz CT molecular complexity index is 1160. The highest BCUT2D eigenvalue weighted by atomic mass is 16.6. The molecule has 0 radical (unpaired) electrons. The Kier molecular flexibility index (Phi) is 10.1. The fraction of sp³-hybridized carbons (Fsp3) is 0.321. The Labute approximate surface area is 211 Å². The van der Waals surface area contributed by atoms with E-state index in [9.17, 15) is 14.9 Å². The average Bonchev–Trinajstić information content (AvgIpc) is 2.92. The second-order valence-electron chi connectivity index (χ2n) is 7.98. The Hall–Kier alpha value is -4.09. The summed E-state index contributed by atoms with van der Waals surface area (Å²) in [7, 11) is 1.45. The zero-order valence-electron chi connectivity index (χ0n) is 20.6. The first-order chi connectivity index (χ1) is 17.5. The number of unbranched alkanes of at least 4 members (excludes halogenated alkanes) is 1. The number of benzene rings is 2. The Morgan fingerprint density at radius 2 is 1.89 bits per heavy atom. The lowest BCUT2D eigenvalue weighted by Gasteiger charge is -2.26. The molecule has 1 saturated heterocycles. The largest absolute Gasteiger partial charge is 0.493 e. The third-order valence-corrected chi connectivity index (χ3v) is 5.43. The molecular formula is C28H30N2O6. The molecule has 2 aromatic carbocycles. The molecular weight excluding hydrogens is 460 g/mol. The van der Waals surface area contributed by atoms with Crippen molar-refractivity contribution in [1.29, 1.82) is 5.26 Å². The number of methoxy groups -OCH3 is 1. The van der Waals surface area contributed by atoms with Gasteiger partial charge >= 0.3 is 5.97 Å². The molecule has 3 rings (SSSR count). The smallest absolute Gasteiger partial charge is 0.336 e. The van der Waals surface area contributed by atoms with Crippen LogP contribution in [0.25, 0.3) is 12.2 Å². The van der Waals surface area contributed by atoms with Crippen molar-refractivity contribution in [2.45, 2.75) is 19.8 Å². The van der Waals surface area contributed by atoms with Crippen molar-refractivity contribution in [3.05, 3.63) is 65.2 Å². The normalized spacial score (nSPS) is 13.8. The zero-order valence-corrected chi connectivity index (χ0v) is 20.6. The van der Waals surface area contributed by atoms with Crippen LogP contribution in [0, 0.1) is 11.3 Å². The van der Waals surface area contributed by atoms with Gasteiger partial charge in [0, 0.05) is 24.7 Å². The summed E-state index contributed by atoms with van der Waals surface area (Å²) in [4.78, 5) is 26.7. The van der Waals surface area contributed by atoms with Gasteiger partial charge in [0.15, 0.2) is 11.5 Å². The summed E-state index contributed by atoms with van der Waals surface area (Å²) >= 11 is 0. The maximum Gasteiger partial charge on any atom is 0.336 e. The fourth-order valence-electron chi connectivity index (χ4n) is 3.48. The van der Waals surface area contributed by atoms with E-state index in [0.717, 1.165) is 18.4 Å². The van der Waals surface area contributed by atoms with Crippen LogP contribution in [0.2, 0.25) is 0 Å². The molecule has 0 saturated carbocycles. The van der Waals surface area contributed by atoms with E-state index >= 15 is 0 Å². The molecule has 8 nitrogen and oxygen atoms in total. The van der Waals surface area contributed by atoms with Crippen LogP contribution in [-0.4, -0.2) is 56.8 Å². The number of carbonyl (C=O) groups excluding carboxylic acids is 2. The topological polar surface area (TPSA) is 98.1 Å². The zero-order chi connectivity index (χ0) is 25.8. The summed E-state index contributed by atoms with van der Waals surface area (Å²) in [6.45, 7) is 4.48. The first-order valence-corrected chi connectivity index (χ1v) is 11.8. The number of rotatable bonds is 10. The van der Waals surface area contributed by atoms with Gasteiger partial charge in [0.05, 0.1) is 26.9 Å². The van der Waals surface area contributed by atoms with Crippen molar-refractivity contribution in [2.75, 3.05) is 40.0 Å². The quantitative estimate of drug-likeness (QED) is 0.161. The molecule has 0 aliphatic carbocycles. The lowest BCUT2D eigenvalue weighted by Crippen LogP contribution is -2.41. The number of nitrogens with zero attached hydrogens (tertiary/aromatic N) is 2. The Morgan fingerprint density at radius 3 is 2.61 bits per heavy atom. The molecule has 8 heteroatoms. The molecule has 36 heavy (non-hydrogen) atoms. The molecule has 1 aliphatic heterocycles. The van der Waals surface area contributed by atoms with Gasteiger partial charge in [0.1, 0.15) is 17.4 Å². The van der Waals surface area contributed by atoms with Gasteiger partial charge in [-0.1, -0.05) is 37.6 Å². The Balaban J connectivity index is 1.70. The van der Waals surface area contributed by atoms with Crippen molar-refractivity contribution < 1.29 is 28.5 Å². The monoisotopic (exact) mass is 490 g/mol. The Morgan fingerprint density at radius 1 is 1.11 bits per heavy atom. The van der Waals surface area contributed by atoms with Crippen LogP contribution in [0.15, 0.2) is 54.1 Å². The number of morpholine rings is 1. The summed E-state index contributed by atoms with van der Waals surface area (Å²) in [5.41, 5.74) is 1.34. The number of nitriles is 1. The van der Waals surface area contributed by atoms with Crippen LogP contribution in [0.1, 0.15) is 30.9 Å². The fourth-order valence-corrected chi connectivity index (χ4v) is 3.48. The molecule has 1 fully saturated rings. The first-order valence-electron chi connectivity index (χ1n) is 11.8. The van der Waals surface area contributed by atoms with E-state index < -0.39 is 5.97 Å². The van der Waals surface area contributed by atoms with Crippen molar-refractivity contribution >= 4 is 24.0 Å². The number of hydrogen-bond acceptors (Lipinski definition) is 7. The highest BCUT2D eigenvalue weighted by Gasteiger charge is 2.21. The molecule has 0 spiro atoms. The maximum absolute atomic E-state index is 12.6. The number of carbonyl (C=O) groups is 2. The number of hydrogen-bond donors (Lipinski definition) is 0. The van der Waals surface area contributed by atoms with Gasteiger partial charge in [-0.15, -0.1) is 0 Å². The molecule has 1 aliphatic rings. The minimum Gasteiger partial charge on any atom is -0.493 e. The van der Waals surface area contributed by atoms with Crippen molar-refractivity contribution in [3.8, 4) is 23.3 Å². The molecule has 2 aromatic rings. The second kappa shape index (κ2) is 13.7. The van der Waals surface area contributed by atoms with E-state index in [-0.39, 0.29) is 17.2 Å². The van der Waals surface area contributed by atoms with Crippen LogP contribution in [-0.2, 0) is 14.3 Å². The summed E-state index contributed by atoms with van der Waals surface area (Å²) < 4.78 is 21.9. The van der Waals surface area contributed by atoms with E-state index in [0.29, 0.717) is 50.0 Å². The first kappa shape index (κ1) is 26.5. The lowest BCUT2D eigenvalue weighted by molar-refractivity contribution is -0.130. The molecule has 0 bridgehead atoms. The van der Waals surface area contributed by atoms with Crippen LogP contribution in [0.4, 0.5) is 0 Å². The van der Waals surface area contributed by atoms with Gasteiger partial charge < -0.3 is 23.8 Å². The molecule has 188 valence electrons. The van der Waals surface area contributed by atoms with Gasteiger partial charge in [-0.25, -0.2) is 4.79 Å². The third kappa shape index (κ3) is 7.45. The number of amides is 1. The number of ether oxygens (including phenoxy) is 4. The van der Waals surface area contributed by atoms with Gasteiger partial charge in [0.25, 0.3) is 5.91 Å². The summed E-state index contributed by atoms with van der Waals surface area (Å²) in [6, 6.07) is 14.2. The molecule has 0 atom stereocenters. The predicted octanol–water partition coefficient (Wildman–Crippen LogP) is 4.26. The molecule has 1 heterocycles. The average molecular weight is 491 g/mol. The number of esters is 1. The van der Waals surface area contributed by atoms with Crippen LogP contribution in [0.3, 0.4) is 0 Å². The van der Waals surface area contributed by atoms with E-state index in [1.807, 2.05) is 30.3 Å². The predicted molar refractivity (Wildman–Crippen MR) is 135 cm³/mol. The van der Waals surface area contributed by atoms with E-state index in [1.165, 1.54) is 19.3 Å². The summed E-state index contributed by atoms with van der Waals surface area (Å²) in [5, 5.41) is 9.51. The highest BCUT2D eigenvalue weighted by Crippen LogP contribution is 2.29. The van der Waals surface area contributed by atoms with Gasteiger partial charge in [-0.05, 0) is 42.3 Å². The third-order valence-electron chi connectivity index (χ3n) is 5.43. The van der Waals surface area contributed by atoms with Gasteiger partial charge in [0.2, 0.25) is 0 Å². The second-order valence-corrected chi connectivity index (χ2v) is 7.98. The molecule has 0 unspecified atom stereocenters. The van der Waals surface area contributed by atoms with Crippen LogP contribution >= 0.6 is 0 Å². The molecule has 0 aromatic heterocycles. The maximum atomic E-state index is 12.6. The van der Waals surface area contributed by atoms with Crippen molar-refractivity contribution in [2.24, 2.45) is 0 Å². The van der Waals surface area contributed by atoms with E-state index in [2.05, 4.69) is 6.92 Å². The van der Waals surface area contributed by atoms with Gasteiger partial charge in [-0.2, -0.15) is 5.26 Å². The molecule has 1 amide bonds.